The molecule has 1 aromatic carbocycles. The number of amides is 1. The molecule has 0 radical (unpaired) electrons. The Balaban J connectivity index is 2.06. The van der Waals surface area contributed by atoms with E-state index in [4.69, 9.17) is 0 Å². The number of carboxylic acid groups (broad SMARTS) is 1. The molecular weight excluding hydrogens is 354 g/mol. The van der Waals surface area contributed by atoms with Gasteiger partial charge in [-0.2, -0.15) is 0 Å². The standard InChI is InChI=1S/C19H27NO5S/c1-13(2)26(24,25)16-6-4-15(5-7-16)12-17(21)20-19(18(22)23)10-8-14(3)9-11-19/h4-7,13-14H,8-12H2,1-3H3,(H,20,21)(H,22,23). The maximum atomic E-state index is 12.4. The van der Waals surface area contributed by atoms with Crippen LogP contribution in [-0.4, -0.2) is 36.2 Å². The highest BCUT2D eigenvalue weighted by atomic mass is 32.2. The van der Waals surface area contributed by atoms with Gasteiger partial charge in [-0.1, -0.05) is 19.1 Å². The summed E-state index contributed by atoms with van der Waals surface area (Å²) in [5, 5.41) is 11.8. The van der Waals surface area contributed by atoms with Crippen molar-refractivity contribution >= 4 is 21.7 Å². The summed E-state index contributed by atoms with van der Waals surface area (Å²) in [6.45, 7) is 5.32. The van der Waals surface area contributed by atoms with E-state index in [1.54, 1.807) is 26.0 Å². The SMILES string of the molecule is CC1CCC(NC(=O)Cc2ccc(S(=O)(=O)C(C)C)cc2)(C(=O)O)CC1. The number of hydrogen-bond donors (Lipinski definition) is 2. The van der Waals surface area contributed by atoms with Crippen molar-refractivity contribution in [2.75, 3.05) is 0 Å². The van der Waals surface area contributed by atoms with Crippen LogP contribution in [0.15, 0.2) is 29.2 Å². The van der Waals surface area contributed by atoms with Crippen LogP contribution in [0.25, 0.3) is 0 Å². The van der Waals surface area contributed by atoms with Crippen LogP contribution in [-0.2, 0) is 25.8 Å². The fourth-order valence-electron chi connectivity index (χ4n) is 3.21. The molecular formula is C19H27NO5S. The normalized spacial score (nSPS) is 23.6. The Morgan fingerprint density at radius 1 is 1.19 bits per heavy atom. The zero-order valence-corrected chi connectivity index (χ0v) is 16.3. The van der Waals surface area contributed by atoms with Crippen molar-refractivity contribution in [2.24, 2.45) is 5.92 Å². The summed E-state index contributed by atoms with van der Waals surface area (Å²) in [4.78, 5) is 24.3. The second-order valence-corrected chi connectivity index (χ2v) is 10.0. The predicted octanol–water partition coefficient (Wildman–Crippen LogP) is 2.56. The quantitative estimate of drug-likeness (QED) is 0.789. The van der Waals surface area contributed by atoms with Crippen molar-refractivity contribution in [3.8, 4) is 0 Å². The molecule has 2 N–H and O–H groups in total. The van der Waals surface area contributed by atoms with E-state index in [2.05, 4.69) is 12.2 Å². The lowest BCUT2D eigenvalue weighted by atomic mass is 9.77. The van der Waals surface area contributed by atoms with Gasteiger partial charge in [0.1, 0.15) is 5.54 Å². The summed E-state index contributed by atoms with van der Waals surface area (Å²) in [7, 11) is -3.35. The molecule has 0 aromatic heterocycles. The lowest BCUT2D eigenvalue weighted by molar-refractivity contribution is -0.149. The van der Waals surface area contributed by atoms with E-state index >= 15 is 0 Å². The van der Waals surface area contributed by atoms with Crippen molar-refractivity contribution in [3.63, 3.8) is 0 Å². The maximum absolute atomic E-state index is 12.4. The van der Waals surface area contributed by atoms with Crippen LogP contribution in [0.3, 0.4) is 0 Å². The van der Waals surface area contributed by atoms with Crippen LogP contribution in [0, 0.1) is 5.92 Å². The number of benzene rings is 1. The molecule has 0 unspecified atom stereocenters. The third-order valence-electron chi connectivity index (χ3n) is 5.15. The number of carbonyl (C=O) groups is 2. The minimum atomic E-state index is -3.35. The summed E-state index contributed by atoms with van der Waals surface area (Å²) in [6, 6.07) is 6.19. The Hall–Kier alpha value is -1.89. The second-order valence-electron chi connectivity index (χ2n) is 7.53. The summed E-state index contributed by atoms with van der Waals surface area (Å²) in [5.74, 6) is -0.882. The summed E-state index contributed by atoms with van der Waals surface area (Å²) in [6.07, 6.45) is 2.43. The Labute approximate surface area is 154 Å². The molecule has 6 nitrogen and oxygen atoms in total. The summed E-state index contributed by atoms with van der Waals surface area (Å²) in [5.41, 5.74) is -0.542. The van der Waals surface area contributed by atoms with Gasteiger partial charge in [-0.25, -0.2) is 13.2 Å². The number of aliphatic carboxylic acids is 1. The smallest absolute Gasteiger partial charge is 0.329 e. The molecule has 1 amide bonds. The van der Waals surface area contributed by atoms with E-state index in [1.165, 1.54) is 12.1 Å². The van der Waals surface area contributed by atoms with Crippen LogP contribution in [0.2, 0.25) is 0 Å². The monoisotopic (exact) mass is 381 g/mol. The van der Waals surface area contributed by atoms with Gasteiger partial charge < -0.3 is 10.4 Å². The zero-order chi connectivity index (χ0) is 19.5. The van der Waals surface area contributed by atoms with Crippen LogP contribution in [0.5, 0.6) is 0 Å². The maximum Gasteiger partial charge on any atom is 0.329 e. The van der Waals surface area contributed by atoms with Crippen LogP contribution in [0.1, 0.15) is 52.0 Å². The van der Waals surface area contributed by atoms with E-state index in [-0.39, 0.29) is 17.2 Å². The van der Waals surface area contributed by atoms with Gasteiger partial charge in [0.2, 0.25) is 5.91 Å². The molecule has 1 fully saturated rings. The van der Waals surface area contributed by atoms with Crippen molar-refractivity contribution in [3.05, 3.63) is 29.8 Å². The molecule has 0 spiro atoms. The second kappa shape index (κ2) is 7.78. The Kier molecular flexibility index (Phi) is 6.11. The first-order chi connectivity index (χ1) is 12.1. The molecule has 0 saturated heterocycles. The van der Waals surface area contributed by atoms with Crippen LogP contribution >= 0.6 is 0 Å². The Morgan fingerprint density at radius 2 is 1.73 bits per heavy atom. The first-order valence-electron chi connectivity index (χ1n) is 8.94. The van der Waals surface area contributed by atoms with Gasteiger partial charge >= 0.3 is 5.97 Å². The predicted molar refractivity (Wildman–Crippen MR) is 98.6 cm³/mol. The minimum absolute atomic E-state index is 0.0204. The molecule has 0 aliphatic heterocycles. The van der Waals surface area contributed by atoms with Crippen molar-refractivity contribution in [1.29, 1.82) is 0 Å². The van der Waals surface area contributed by atoms with Crippen LogP contribution < -0.4 is 5.32 Å². The zero-order valence-electron chi connectivity index (χ0n) is 15.5. The summed E-state index contributed by atoms with van der Waals surface area (Å²) >= 11 is 0. The van der Waals surface area contributed by atoms with Crippen molar-refractivity contribution < 1.29 is 23.1 Å². The molecule has 1 aromatic rings. The van der Waals surface area contributed by atoms with Crippen molar-refractivity contribution in [1.82, 2.24) is 5.32 Å². The van der Waals surface area contributed by atoms with Crippen molar-refractivity contribution in [2.45, 2.75) is 68.6 Å². The topological polar surface area (TPSA) is 101 Å². The number of carboxylic acids is 1. The first-order valence-corrected chi connectivity index (χ1v) is 10.5. The molecule has 26 heavy (non-hydrogen) atoms. The number of sulfone groups is 1. The third kappa shape index (κ3) is 4.44. The van der Waals surface area contributed by atoms with E-state index in [1.807, 2.05) is 0 Å². The van der Waals surface area contributed by atoms with E-state index < -0.39 is 26.6 Å². The Morgan fingerprint density at radius 3 is 2.19 bits per heavy atom. The molecule has 0 heterocycles. The fourth-order valence-corrected chi connectivity index (χ4v) is 4.27. The number of carbonyl (C=O) groups excluding carboxylic acids is 1. The van der Waals surface area contributed by atoms with Gasteiger partial charge in [0, 0.05) is 0 Å². The minimum Gasteiger partial charge on any atom is -0.480 e. The van der Waals surface area contributed by atoms with E-state index in [9.17, 15) is 23.1 Å². The molecule has 1 saturated carbocycles. The molecule has 7 heteroatoms. The van der Waals surface area contributed by atoms with Gasteiger partial charge in [0.25, 0.3) is 0 Å². The van der Waals surface area contributed by atoms with Gasteiger partial charge in [0.15, 0.2) is 9.84 Å². The first kappa shape index (κ1) is 20.4. The van der Waals surface area contributed by atoms with Gasteiger partial charge in [-0.05, 0) is 63.1 Å². The number of hydrogen-bond acceptors (Lipinski definition) is 4. The molecule has 144 valence electrons. The van der Waals surface area contributed by atoms with E-state index in [0.717, 1.165) is 12.8 Å². The average molecular weight is 381 g/mol. The van der Waals surface area contributed by atoms with Crippen LogP contribution in [0.4, 0.5) is 0 Å². The van der Waals surface area contributed by atoms with E-state index in [0.29, 0.717) is 24.3 Å². The summed E-state index contributed by atoms with van der Waals surface area (Å²) < 4.78 is 24.3. The van der Waals surface area contributed by atoms with Gasteiger partial charge in [0.05, 0.1) is 16.6 Å². The lowest BCUT2D eigenvalue weighted by Gasteiger charge is -2.36. The third-order valence-corrected chi connectivity index (χ3v) is 7.32. The van der Waals surface area contributed by atoms with Gasteiger partial charge in [-0.3, -0.25) is 4.79 Å². The molecule has 2 rings (SSSR count). The molecule has 1 aliphatic rings. The highest BCUT2D eigenvalue weighted by Crippen LogP contribution is 2.32. The lowest BCUT2D eigenvalue weighted by Crippen LogP contribution is -2.56. The fraction of sp³-hybridized carbons (Fsp3) is 0.579. The Bertz CT molecular complexity index is 760. The molecule has 0 atom stereocenters. The highest BCUT2D eigenvalue weighted by molar-refractivity contribution is 7.92. The van der Waals surface area contributed by atoms with Gasteiger partial charge in [-0.15, -0.1) is 0 Å². The largest absolute Gasteiger partial charge is 0.480 e. The average Bonchev–Trinajstić information content (AvgIpc) is 2.57. The number of nitrogens with one attached hydrogen (secondary N) is 1. The molecule has 1 aliphatic carbocycles. The highest BCUT2D eigenvalue weighted by Gasteiger charge is 2.42. The number of rotatable bonds is 6. The molecule has 0 bridgehead atoms.